The van der Waals surface area contributed by atoms with Crippen LogP contribution in [0.2, 0.25) is 0 Å². The van der Waals surface area contributed by atoms with Crippen molar-refractivity contribution in [1.29, 1.82) is 5.26 Å². The maximum absolute atomic E-state index is 9.06. The molecule has 0 aliphatic rings. The van der Waals surface area contributed by atoms with Gasteiger partial charge in [-0.3, -0.25) is 10.1 Å². The summed E-state index contributed by atoms with van der Waals surface area (Å²) in [5.74, 6) is 0. The number of benzene rings is 1. The number of nitrogens with one attached hydrogen (secondary N) is 1. The van der Waals surface area contributed by atoms with Gasteiger partial charge in [0.25, 0.3) is 0 Å². The lowest BCUT2D eigenvalue weighted by molar-refractivity contribution is 0.880. The molecule has 3 nitrogen and oxygen atoms in total. The number of nitriles is 1. The minimum Gasteiger partial charge on any atom is -0.293 e. The van der Waals surface area contributed by atoms with E-state index in [1.165, 1.54) is 0 Å². The number of anilines is 1. The van der Waals surface area contributed by atoms with Crippen LogP contribution in [0, 0.1) is 25.2 Å². The highest BCUT2D eigenvalue weighted by Crippen LogP contribution is 2.22. The first kappa shape index (κ1) is 11.7. The summed E-state index contributed by atoms with van der Waals surface area (Å²) in [5.41, 5.74) is 6.87. The molecular weight excluding hydrogens is 278 g/mol. The van der Waals surface area contributed by atoms with E-state index in [1.54, 1.807) is 6.07 Å². The summed E-state index contributed by atoms with van der Waals surface area (Å²) in [6.07, 6.45) is 0. The summed E-state index contributed by atoms with van der Waals surface area (Å²) >= 11 is 3.41. The van der Waals surface area contributed by atoms with Gasteiger partial charge < -0.3 is 0 Å². The summed E-state index contributed by atoms with van der Waals surface area (Å²) < 4.78 is 2.91. The van der Waals surface area contributed by atoms with Crippen LogP contribution >= 0.6 is 15.9 Å². The number of nitrogens with zero attached hydrogens (tertiary/aromatic N) is 2. The Labute approximate surface area is 109 Å². The molecule has 2 rings (SSSR count). The minimum atomic E-state index is 0.626. The second-order valence-corrected chi connectivity index (χ2v) is 4.78. The third-order valence-corrected chi connectivity index (χ3v) is 3.10. The van der Waals surface area contributed by atoms with E-state index < -0.39 is 0 Å². The average Bonchev–Trinajstić information content (AvgIpc) is 2.61. The molecule has 1 heterocycles. The molecule has 0 bridgehead atoms. The highest BCUT2D eigenvalue weighted by molar-refractivity contribution is 9.10. The summed E-state index contributed by atoms with van der Waals surface area (Å²) in [6.45, 7) is 4.04. The van der Waals surface area contributed by atoms with E-state index in [0.29, 0.717) is 5.56 Å². The van der Waals surface area contributed by atoms with Crippen LogP contribution in [0.15, 0.2) is 34.8 Å². The van der Waals surface area contributed by atoms with Crippen LogP contribution in [0.3, 0.4) is 0 Å². The molecule has 1 N–H and O–H groups in total. The van der Waals surface area contributed by atoms with E-state index >= 15 is 0 Å². The third kappa shape index (κ3) is 2.34. The van der Waals surface area contributed by atoms with Crippen molar-refractivity contribution < 1.29 is 0 Å². The lowest BCUT2D eigenvalue weighted by atomic mass is 10.2. The molecule has 2 aromatic rings. The van der Waals surface area contributed by atoms with Crippen molar-refractivity contribution in [3.63, 3.8) is 0 Å². The van der Waals surface area contributed by atoms with Crippen molar-refractivity contribution in [3.05, 3.63) is 51.8 Å². The van der Waals surface area contributed by atoms with Gasteiger partial charge in [-0.2, -0.15) is 5.26 Å². The Hall–Kier alpha value is -1.73. The van der Waals surface area contributed by atoms with Gasteiger partial charge >= 0.3 is 0 Å². The van der Waals surface area contributed by atoms with E-state index in [9.17, 15) is 0 Å². The third-order valence-electron chi connectivity index (χ3n) is 2.61. The lowest BCUT2D eigenvalue weighted by Crippen LogP contribution is -2.13. The highest BCUT2D eigenvalue weighted by Gasteiger charge is 2.05. The van der Waals surface area contributed by atoms with Crippen LogP contribution in [0.25, 0.3) is 0 Å². The Balaban J connectivity index is 2.43. The van der Waals surface area contributed by atoms with Crippen LogP contribution in [0.4, 0.5) is 5.69 Å². The Morgan fingerprint density at radius 2 is 1.82 bits per heavy atom. The molecule has 86 valence electrons. The Kier molecular flexibility index (Phi) is 3.21. The zero-order chi connectivity index (χ0) is 12.4. The molecule has 0 amide bonds. The number of aromatic nitrogens is 1. The van der Waals surface area contributed by atoms with Gasteiger partial charge in [0.2, 0.25) is 0 Å². The van der Waals surface area contributed by atoms with Crippen molar-refractivity contribution in [3.8, 4) is 6.07 Å². The van der Waals surface area contributed by atoms with E-state index in [4.69, 9.17) is 5.26 Å². The number of hydrogen-bond acceptors (Lipinski definition) is 2. The molecular formula is C13H12BrN3. The van der Waals surface area contributed by atoms with Crippen molar-refractivity contribution >= 4 is 21.6 Å². The van der Waals surface area contributed by atoms with Gasteiger partial charge in [0, 0.05) is 15.9 Å². The first-order valence-corrected chi connectivity index (χ1v) is 6.03. The molecule has 0 saturated carbocycles. The van der Waals surface area contributed by atoms with E-state index in [-0.39, 0.29) is 0 Å². The van der Waals surface area contributed by atoms with Gasteiger partial charge in [-0.15, -0.1) is 0 Å². The second kappa shape index (κ2) is 4.64. The zero-order valence-corrected chi connectivity index (χ0v) is 11.2. The van der Waals surface area contributed by atoms with Crippen LogP contribution < -0.4 is 5.43 Å². The maximum Gasteiger partial charge on any atom is 0.101 e. The van der Waals surface area contributed by atoms with Crippen LogP contribution in [0.5, 0.6) is 0 Å². The number of hydrogen-bond donors (Lipinski definition) is 1. The van der Waals surface area contributed by atoms with Crippen molar-refractivity contribution in [2.75, 3.05) is 5.43 Å². The zero-order valence-electron chi connectivity index (χ0n) is 9.66. The Bertz CT molecular complexity index is 574. The smallest absolute Gasteiger partial charge is 0.101 e. The maximum atomic E-state index is 9.06. The fraction of sp³-hybridized carbons (Fsp3) is 0.154. The second-order valence-electron chi connectivity index (χ2n) is 3.87. The van der Waals surface area contributed by atoms with Crippen LogP contribution in [0.1, 0.15) is 17.0 Å². The van der Waals surface area contributed by atoms with Gasteiger partial charge in [-0.25, -0.2) is 0 Å². The molecule has 0 atom stereocenters. The van der Waals surface area contributed by atoms with Gasteiger partial charge in [-0.1, -0.05) is 15.9 Å². The molecule has 0 spiro atoms. The standard InChI is InChI=1S/C13H12BrN3/c1-9-3-4-10(2)17(9)16-13-7-12(14)6-5-11(13)8-15/h3-7,16H,1-2H3. The topological polar surface area (TPSA) is 40.8 Å². The van der Waals surface area contributed by atoms with Gasteiger partial charge in [0.1, 0.15) is 6.07 Å². The summed E-state index contributed by atoms with van der Waals surface area (Å²) in [6, 6.07) is 11.8. The normalized spacial score (nSPS) is 10.0. The summed E-state index contributed by atoms with van der Waals surface area (Å²) in [7, 11) is 0. The first-order chi connectivity index (χ1) is 8.11. The van der Waals surface area contributed by atoms with Gasteiger partial charge in [0.15, 0.2) is 0 Å². The largest absolute Gasteiger partial charge is 0.293 e. The molecule has 0 saturated heterocycles. The van der Waals surface area contributed by atoms with Crippen LogP contribution in [-0.4, -0.2) is 4.68 Å². The lowest BCUT2D eigenvalue weighted by Gasteiger charge is -2.14. The molecule has 0 unspecified atom stereocenters. The van der Waals surface area contributed by atoms with E-state index in [1.807, 2.05) is 42.8 Å². The van der Waals surface area contributed by atoms with Gasteiger partial charge in [0.05, 0.1) is 11.3 Å². The van der Waals surface area contributed by atoms with E-state index in [2.05, 4.69) is 27.4 Å². The Morgan fingerprint density at radius 3 is 2.41 bits per heavy atom. The SMILES string of the molecule is Cc1ccc(C)n1Nc1cc(Br)ccc1C#N. The molecule has 4 heteroatoms. The minimum absolute atomic E-state index is 0.626. The highest BCUT2D eigenvalue weighted by atomic mass is 79.9. The number of halogens is 1. The van der Waals surface area contributed by atoms with Crippen molar-refractivity contribution in [2.24, 2.45) is 0 Å². The molecule has 1 aromatic carbocycles. The summed E-state index contributed by atoms with van der Waals surface area (Å²) in [5, 5.41) is 9.06. The first-order valence-electron chi connectivity index (χ1n) is 5.23. The fourth-order valence-electron chi connectivity index (χ4n) is 1.67. The quantitative estimate of drug-likeness (QED) is 0.917. The van der Waals surface area contributed by atoms with E-state index in [0.717, 1.165) is 21.5 Å². The predicted octanol–water partition coefficient (Wildman–Crippen LogP) is 3.61. The monoisotopic (exact) mass is 289 g/mol. The number of aryl methyl sites for hydroxylation is 2. The molecule has 17 heavy (non-hydrogen) atoms. The van der Waals surface area contributed by atoms with Gasteiger partial charge in [-0.05, 0) is 44.2 Å². The average molecular weight is 290 g/mol. The molecule has 0 aliphatic heterocycles. The predicted molar refractivity (Wildman–Crippen MR) is 71.8 cm³/mol. The summed E-state index contributed by atoms with van der Waals surface area (Å²) in [4.78, 5) is 0. The Morgan fingerprint density at radius 1 is 1.18 bits per heavy atom. The molecule has 0 fully saturated rings. The number of rotatable bonds is 2. The van der Waals surface area contributed by atoms with Crippen molar-refractivity contribution in [2.45, 2.75) is 13.8 Å². The van der Waals surface area contributed by atoms with Crippen LogP contribution in [-0.2, 0) is 0 Å². The molecule has 1 aromatic heterocycles. The molecule has 0 aliphatic carbocycles. The molecule has 0 radical (unpaired) electrons. The van der Waals surface area contributed by atoms with Crippen molar-refractivity contribution in [1.82, 2.24) is 4.68 Å². The fourth-order valence-corrected chi connectivity index (χ4v) is 2.03.